The Hall–Kier alpha value is -1.19. The van der Waals surface area contributed by atoms with Gasteiger partial charge in [-0.2, -0.15) is 0 Å². The highest BCUT2D eigenvalue weighted by atomic mass is 32.1. The maximum atomic E-state index is 4.72. The van der Waals surface area contributed by atoms with Crippen molar-refractivity contribution in [3.63, 3.8) is 0 Å². The zero-order valence-electron chi connectivity index (χ0n) is 10.5. The predicted octanol–water partition coefficient (Wildman–Crippen LogP) is 3.79. The fourth-order valence-corrected chi connectivity index (χ4v) is 2.84. The molecule has 0 radical (unpaired) electrons. The van der Waals surface area contributed by atoms with E-state index in [2.05, 4.69) is 55.7 Å². The van der Waals surface area contributed by atoms with E-state index in [0.717, 1.165) is 17.2 Å². The van der Waals surface area contributed by atoms with E-state index in [4.69, 9.17) is 4.98 Å². The molecule has 2 aromatic rings. The number of rotatable bonds is 4. The molecule has 1 aromatic carbocycles. The van der Waals surface area contributed by atoms with Gasteiger partial charge in [0.1, 0.15) is 5.01 Å². The molecule has 1 heterocycles. The largest absolute Gasteiger partial charge is 0.309 e. The lowest BCUT2D eigenvalue weighted by Crippen LogP contribution is -2.17. The van der Waals surface area contributed by atoms with E-state index in [1.54, 1.807) is 11.3 Å². The molecule has 1 atom stereocenters. The van der Waals surface area contributed by atoms with Crippen molar-refractivity contribution in [2.75, 3.05) is 6.54 Å². The highest BCUT2D eigenvalue weighted by Gasteiger charge is 2.10. The van der Waals surface area contributed by atoms with Crippen LogP contribution in [0.3, 0.4) is 0 Å². The topological polar surface area (TPSA) is 24.9 Å². The molecule has 0 aliphatic rings. The molecule has 3 heteroatoms. The lowest BCUT2D eigenvalue weighted by molar-refractivity contribution is 0.587. The third-order valence-electron chi connectivity index (χ3n) is 2.85. The Morgan fingerprint density at radius 1 is 1.35 bits per heavy atom. The van der Waals surface area contributed by atoms with Crippen LogP contribution in [0.2, 0.25) is 0 Å². The molecule has 0 saturated carbocycles. The average molecular weight is 246 g/mol. The second-order valence-electron chi connectivity index (χ2n) is 4.17. The summed E-state index contributed by atoms with van der Waals surface area (Å²) in [5, 5.41) is 6.65. The van der Waals surface area contributed by atoms with E-state index in [1.807, 2.05) is 0 Å². The van der Waals surface area contributed by atoms with Crippen molar-refractivity contribution in [1.29, 1.82) is 0 Å². The molecule has 17 heavy (non-hydrogen) atoms. The van der Waals surface area contributed by atoms with Gasteiger partial charge in [-0.15, -0.1) is 11.3 Å². The second kappa shape index (κ2) is 5.43. The maximum absolute atomic E-state index is 4.72. The Labute approximate surface area is 107 Å². The SMILES string of the molecule is CCNC(C)c1csc(-c2ccccc2C)n1. The molecule has 0 bridgehead atoms. The first-order valence-corrected chi connectivity index (χ1v) is 6.85. The minimum absolute atomic E-state index is 0.328. The van der Waals surface area contributed by atoms with Crippen LogP contribution in [0.15, 0.2) is 29.6 Å². The van der Waals surface area contributed by atoms with Gasteiger partial charge in [0.25, 0.3) is 0 Å². The third-order valence-corrected chi connectivity index (χ3v) is 3.75. The van der Waals surface area contributed by atoms with Gasteiger partial charge in [-0.05, 0) is 26.0 Å². The number of thiazole rings is 1. The van der Waals surface area contributed by atoms with Gasteiger partial charge in [-0.3, -0.25) is 0 Å². The van der Waals surface area contributed by atoms with Gasteiger partial charge in [-0.25, -0.2) is 4.98 Å². The zero-order chi connectivity index (χ0) is 12.3. The maximum Gasteiger partial charge on any atom is 0.123 e. The quantitative estimate of drug-likeness (QED) is 0.888. The first-order valence-electron chi connectivity index (χ1n) is 5.97. The molecule has 0 fully saturated rings. The third kappa shape index (κ3) is 2.73. The van der Waals surface area contributed by atoms with Crippen LogP contribution in [0.1, 0.15) is 31.1 Å². The minimum atomic E-state index is 0.328. The summed E-state index contributed by atoms with van der Waals surface area (Å²) in [6.45, 7) is 7.37. The normalized spacial score (nSPS) is 12.6. The summed E-state index contributed by atoms with van der Waals surface area (Å²) in [5.41, 5.74) is 3.66. The molecule has 1 unspecified atom stereocenters. The molecule has 0 spiro atoms. The summed E-state index contributed by atoms with van der Waals surface area (Å²) >= 11 is 1.72. The van der Waals surface area contributed by atoms with Gasteiger partial charge in [0.15, 0.2) is 0 Å². The Kier molecular flexibility index (Phi) is 3.92. The summed E-state index contributed by atoms with van der Waals surface area (Å²) in [5.74, 6) is 0. The number of aromatic nitrogens is 1. The van der Waals surface area contributed by atoms with Crippen LogP contribution >= 0.6 is 11.3 Å². The summed E-state index contributed by atoms with van der Waals surface area (Å²) in [4.78, 5) is 4.72. The number of hydrogen-bond acceptors (Lipinski definition) is 3. The van der Waals surface area contributed by atoms with Gasteiger partial charge >= 0.3 is 0 Å². The average Bonchev–Trinajstić information content (AvgIpc) is 2.79. The molecular weight excluding hydrogens is 228 g/mol. The Morgan fingerprint density at radius 3 is 2.82 bits per heavy atom. The van der Waals surface area contributed by atoms with Crippen LogP contribution in [0, 0.1) is 6.92 Å². The van der Waals surface area contributed by atoms with Crippen LogP contribution in [0.5, 0.6) is 0 Å². The number of hydrogen-bond donors (Lipinski definition) is 1. The van der Waals surface area contributed by atoms with Crippen molar-refractivity contribution in [2.45, 2.75) is 26.8 Å². The van der Waals surface area contributed by atoms with Crippen molar-refractivity contribution in [3.8, 4) is 10.6 Å². The van der Waals surface area contributed by atoms with E-state index >= 15 is 0 Å². The summed E-state index contributed by atoms with van der Waals surface area (Å²) in [6.07, 6.45) is 0. The van der Waals surface area contributed by atoms with Crippen molar-refractivity contribution >= 4 is 11.3 Å². The predicted molar refractivity (Wildman–Crippen MR) is 74.4 cm³/mol. The van der Waals surface area contributed by atoms with Crippen molar-refractivity contribution < 1.29 is 0 Å². The molecule has 2 rings (SSSR count). The molecule has 2 nitrogen and oxygen atoms in total. The van der Waals surface area contributed by atoms with Gasteiger partial charge in [0.05, 0.1) is 5.69 Å². The van der Waals surface area contributed by atoms with E-state index in [9.17, 15) is 0 Å². The first-order chi connectivity index (χ1) is 8.22. The molecule has 0 amide bonds. The van der Waals surface area contributed by atoms with Crippen molar-refractivity contribution in [2.24, 2.45) is 0 Å². The Morgan fingerprint density at radius 2 is 2.12 bits per heavy atom. The Balaban J connectivity index is 2.27. The minimum Gasteiger partial charge on any atom is -0.309 e. The fourth-order valence-electron chi connectivity index (χ4n) is 1.83. The number of benzene rings is 1. The monoisotopic (exact) mass is 246 g/mol. The van der Waals surface area contributed by atoms with E-state index < -0.39 is 0 Å². The Bertz CT molecular complexity index is 490. The number of nitrogens with one attached hydrogen (secondary N) is 1. The molecule has 1 aromatic heterocycles. The molecular formula is C14H18N2S. The molecule has 0 saturated heterocycles. The molecule has 1 N–H and O–H groups in total. The molecule has 0 aliphatic carbocycles. The van der Waals surface area contributed by atoms with Gasteiger partial charge in [0.2, 0.25) is 0 Å². The van der Waals surface area contributed by atoms with Crippen LogP contribution in [0.4, 0.5) is 0 Å². The molecule has 90 valence electrons. The van der Waals surface area contributed by atoms with Gasteiger partial charge in [-0.1, -0.05) is 31.2 Å². The lowest BCUT2D eigenvalue weighted by Gasteiger charge is -2.08. The van der Waals surface area contributed by atoms with Gasteiger partial charge in [0, 0.05) is 17.0 Å². The fraction of sp³-hybridized carbons (Fsp3) is 0.357. The van der Waals surface area contributed by atoms with Gasteiger partial charge < -0.3 is 5.32 Å². The summed E-state index contributed by atoms with van der Waals surface area (Å²) in [6, 6.07) is 8.72. The second-order valence-corrected chi connectivity index (χ2v) is 5.03. The zero-order valence-corrected chi connectivity index (χ0v) is 11.3. The van der Waals surface area contributed by atoms with Crippen molar-refractivity contribution in [3.05, 3.63) is 40.9 Å². The van der Waals surface area contributed by atoms with Crippen LogP contribution < -0.4 is 5.32 Å². The summed E-state index contributed by atoms with van der Waals surface area (Å²) < 4.78 is 0. The van der Waals surface area contributed by atoms with E-state index in [1.165, 1.54) is 11.1 Å². The number of aryl methyl sites for hydroxylation is 1. The van der Waals surface area contributed by atoms with E-state index in [-0.39, 0.29) is 0 Å². The van der Waals surface area contributed by atoms with Crippen LogP contribution in [-0.4, -0.2) is 11.5 Å². The summed E-state index contributed by atoms with van der Waals surface area (Å²) in [7, 11) is 0. The highest BCUT2D eigenvalue weighted by molar-refractivity contribution is 7.13. The highest BCUT2D eigenvalue weighted by Crippen LogP contribution is 2.28. The lowest BCUT2D eigenvalue weighted by atomic mass is 10.1. The molecule has 0 aliphatic heterocycles. The standard InChI is InChI=1S/C14H18N2S/c1-4-15-11(3)13-9-17-14(16-13)12-8-6-5-7-10(12)2/h5-9,11,15H,4H2,1-3H3. The number of nitrogens with zero attached hydrogens (tertiary/aromatic N) is 1. The van der Waals surface area contributed by atoms with E-state index in [0.29, 0.717) is 6.04 Å². The first kappa shape index (κ1) is 12.3. The smallest absolute Gasteiger partial charge is 0.123 e. The van der Waals surface area contributed by atoms with Crippen LogP contribution in [-0.2, 0) is 0 Å². The van der Waals surface area contributed by atoms with Crippen LogP contribution in [0.25, 0.3) is 10.6 Å². The van der Waals surface area contributed by atoms with Crippen molar-refractivity contribution in [1.82, 2.24) is 10.3 Å².